The second-order valence-electron chi connectivity index (χ2n) is 7.52. The van der Waals surface area contributed by atoms with Gasteiger partial charge in [0.25, 0.3) is 0 Å². The zero-order valence-corrected chi connectivity index (χ0v) is 17.1. The van der Waals surface area contributed by atoms with Crippen molar-refractivity contribution in [1.82, 2.24) is 5.32 Å². The summed E-state index contributed by atoms with van der Waals surface area (Å²) >= 11 is 0. The maximum absolute atomic E-state index is 13.0. The van der Waals surface area contributed by atoms with E-state index < -0.39 is 5.63 Å². The third-order valence-corrected chi connectivity index (χ3v) is 5.57. The van der Waals surface area contributed by atoms with Crippen molar-refractivity contribution in [2.45, 2.75) is 33.6 Å². The SMILES string of the molecule is Cc1oc2cc3oc(=O)c(CC(=O)NCCc4ccc(F)cc4)c(C)c3cc2c1C. The first-order valence-corrected chi connectivity index (χ1v) is 9.80. The maximum atomic E-state index is 13.0. The Balaban J connectivity index is 1.55. The second-order valence-corrected chi connectivity index (χ2v) is 7.52. The summed E-state index contributed by atoms with van der Waals surface area (Å²) in [6.07, 6.45) is 0.517. The van der Waals surface area contributed by atoms with Crippen LogP contribution >= 0.6 is 0 Å². The molecular weight excluding hydrogens is 385 g/mol. The van der Waals surface area contributed by atoms with Crippen molar-refractivity contribution >= 4 is 27.8 Å². The minimum Gasteiger partial charge on any atom is -0.461 e. The largest absolute Gasteiger partial charge is 0.461 e. The molecule has 0 bridgehead atoms. The highest BCUT2D eigenvalue weighted by molar-refractivity contribution is 5.97. The van der Waals surface area contributed by atoms with E-state index >= 15 is 0 Å². The van der Waals surface area contributed by atoms with Crippen molar-refractivity contribution in [1.29, 1.82) is 0 Å². The summed E-state index contributed by atoms with van der Waals surface area (Å²) < 4.78 is 24.2. The standard InChI is InChI=1S/C24H22FNO4/c1-13-15(3)29-21-12-22-19(10-18(13)21)14(2)20(24(28)30-22)11-23(27)26-9-8-16-4-6-17(25)7-5-16/h4-7,10,12H,8-9,11H2,1-3H3,(H,26,27). The number of amides is 1. The van der Waals surface area contributed by atoms with Gasteiger partial charge < -0.3 is 14.2 Å². The average molecular weight is 407 g/mol. The van der Waals surface area contributed by atoms with Gasteiger partial charge in [0, 0.05) is 23.4 Å². The number of benzene rings is 2. The molecule has 0 atom stereocenters. The third kappa shape index (κ3) is 3.73. The molecule has 0 fully saturated rings. The molecule has 1 N–H and O–H groups in total. The van der Waals surface area contributed by atoms with Crippen LogP contribution in [0.1, 0.15) is 28.0 Å². The molecule has 1 amide bonds. The maximum Gasteiger partial charge on any atom is 0.340 e. The highest BCUT2D eigenvalue weighted by Crippen LogP contribution is 2.30. The Bertz CT molecular complexity index is 1320. The minimum atomic E-state index is -0.520. The lowest BCUT2D eigenvalue weighted by Crippen LogP contribution is -2.29. The summed E-state index contributed by atoms with van der Waals surface area (Å²) in [5.74, 6) is 0.267. The molecule has 0 radical (unpaired) electrons. The molecular formula is C24H22FNO4. The number of hydrogen-bond acceptors (Lipinski definition) is 4. The summed E-state index contributed by atoms with van der Waals surface area (Å²) in [7, 11) is 0. The van der Waals surface area contributed by atoms with Crippen molar-refractivity contribution in [3.05, 3.63) is 80.6 Å². The molecule has 0 aliphatic carbocycles. The molecule has 0 saturated heterocycles. The lowest BCUT2D eigenvalue weighted by atomic mass is 10.0. The van der Waals surface area contributed by atoms with Crippen molar-refractivity contribution < 1.29 is 18.0 Å². The van der Waals surface area contributed by atoms with Gasteiger partial charge in [-0.3, -0.25) is 4.79 Å². The van der Waals surface area contributed by atoms with Crippen molar-refractivity contribution in [2.75, 3.05) is 6.54 Å². The number of carbonyl (C=O) groups excluding carboxylic acids is 1. The molecule has 4 rings (SSSR count). The summed E-state index contributed by atoms with van der Waals surface area (Å²) in [6.45, 7) is 6.10. The number of rotatable bonds is 5. The molecule has 0 aliphatic heterocycles. The number of halogens is 1. The smallest absolute Gasteiger partial charge is 0.340 e. The Morgan fingerprint density at radius 3 is 2.37 bits per heavy atom. The van der Waals surface area contributed by atoms with E-state index in [1.807, 2.05) is 26.8 Å². The van der Waals surface area contributed by atoms with E-state index in [0.29, 0.717) is 29.7 Å². The fraction of sp³-hybridized carbons (Fsp3) is 0.250. The van der Waals surface area contributed by atoms with E-state index in [9.17, 15) is 14.0 Å². The van der Waals surface area contributed by atoms with Crippen LogP contribution < -0.4 is 10.9 Å². The van der Waals surface area contributed by atoms with Crippen LogP contribution in [0.5, 0.6) is 0 Å². The van der Waals surface area contributed by atoms with Crippen LogP contribution in [0.3, 0.4) is 0 Å². The van der Waals surface area contributed by atoms with Crippen LogP contribution in [0, 0.1) is 26.6 Å². The van der Waals surface area contributed by atoms with Gasteiger partial charge in [0.05, 0.1) is 12.0 Å². The van der Waals surface area contributed by atoms with Gasteiger partial charge in [0.15, 0.2) is 0 Å². The Morgan fingerprint density at radius 1 is 0.967 bits per heavy atom. The predicted octanol–water partition coefficient (Wildman–Crippen LogP) is 4.50. The van der Waals surface area contributed by atoms with Crippen LogP contribution in [0.4, 0.5) is 4.39 Å². The number of carbonyl (C=O) groups is 1. The lowest BCUT2D eigenvalue weighted by molar-refractivity contribution is -0.120. The Kier molecular flexibility index (Phi) is 5.16. The number of fused-ring (bicyclic) bond motifs is 2. The first-order chi connectivity index (χ1) is 14.3. The van der Waals surface area contributed by atoms with E-state index in [2.05, 4.69) is 5.32 Å². The van der Waals surface area contributed by atoms with Gasteiger partial charge in [-0.05, 0) is 62.1 Å². The second kappa shape index (κ2) is 7.78. The Morgan fingerprint density at radius 2 is 1.63 bits per heavy atom. The number of hydrogen-bond donors (Lipinski definition) is 1. The first-order valence-electron chi connectivity index (χ1n) is 9.80. The van der Waals surface area contributed by atoms with E-state index in [0.717, 1.165) is 33.2 Å². The Hall–Kier alpha value is -3.41. The van der Waals surface area contributed by atoms with E-state index in [1.165, 1.54) is 12.1 Å². The van der Waals surface area contributed by atoms with Crippen molar-refractivity contribution in [3.63, 3.8) is 0 Å². The molecule has 0 unspecified atom stereocenters. The molecule has 0 spiro atoms. The van der Waals surface area contributed by atoms with Gasteiger partial charge >= 0.3 is 5.63 Å². The lowest BCUT2D eigenvalue weighted by Gasteiger charge is -2.09. The molecule has 6 heteroatoms. The van der Waals surface area contributed by atoms with Crippen LogP contribution in [0.15, 0.2) is 50.0 Å². The molecule has 30 heavy (non-hydrogen) atoms. The molecule has 0 aliphatic rings. The van der Waals surface area contributed by atoms with Gasteiger partial charge in [-0.1, -0.05) is 12.1 Å². The average Bonchev–Trinajstić information content (AvgIpc) is 2.98. The minimum absolute atomic E-state index is 0.0606. The summed E-state index contributed by atoms with van der Waals surface area (Å²) in [6, 6.07) is 9.83. The van der Waals surface area contributed by atoms with Crippen LogP contribution in [-0.4, -0.2) is 12.5 Å². The van der Waals surface area contributed by atoms with E-state index in [1.54, 1.807) is 18.2 Å². The molecule has 4 aromatic rings. The molecule has 5 nitrogen and oxygen atoms in total. The summed E-state index contributed by atoms with van der Waals surface area (Å²) in [5, 5.41) is 4.57. The normalized spacial score (nSPS) is 11.3. The summed E-state index contributed by atoms with van der Waals surface area (Å²) in [4.78, 5) is 24.9. The quantitative estimate of drug-likeness (QED) is 0.494. The van der Waals surface area contributed by atoms with Crippen LogP contribution in [-0.2, 0) is 17.6 Å². The van der Waals surface area contributed by atoms with Gasteiger partial charge in [-0.2, -0.15) is 0 Å². The number of furan rings is 1. The number of aryl methyl sites for hydroxylation is 3. The molecule has 154 valence electrons. The van der Waals surface area contributed by atoms with Gasteiger partial charge in [0.2, 0.25) is 5.91 Å². The highest BCUT2D eigenvalue weighted by Gasteiger charge is 2.17. The molecule has 2 heterocycles. The number of nitrogens with one attached hydrogen (secondary N) is 1. The fourth-order valence-corrected chi connectivity index (χ4v) is 3.65. The third-order valence-electron chi connectivity index (χ3n) is 5.57. The highest BCUT2D eigenvalue weighted by atomic mass is 19.1. The van der Waals surface area contributed by atoms with E-state index in [-0.39, 0.29) is 18.1 Å². The van der Waals surface area contributed by atoms with Crippen molar-refractivity contribution in [2.24, 2.45) is 0 Å². The molecule has 2 aromatic heterocycles. The predicted molar refractivity (Wildman–Crippen MR) is 113 cm³/mol. The van der Waals surface area contributed by atoms with Gasteiger partial charge in [0.1, 0.15) is 22.7 Å². The van der Waals surface area contributed by atoms with Crippen LogP contribution in [0.2, 0.25) is 0 Å². The zero-order valence-electron chi connectivity index (χ0n) is 17.1. The monoisotopic (exact) mass is 407 g/mol. The van der Waals surface area contributed by atoms with Crippen LogP contribution in [0.25, 0.3) is 21.9 Å². The summed E-state index contributed by atoms with van der Waals surface area (Å²) in [5.41, 5.74) is 3.64. The molecule has 2 aromatic carbocycles. The first kappa shape index (κ1) is 19.9. The topological polar surface area (TPSA) is 72.5 Å². The van der Waals surface area contributed by atoms with Gasteiger partial charge in [-0.25, -0.2) is 9.18 Å². The molecule has 0 saturated carbocycles. The zero-order chi connectivity index (χ0) is 21.4. The fourth-order valence-electron chi connectivity index (χ4n) is 3.65. The van der Waals surface area contributed by atoms with Gasteiger partial charge in [-0.15, -0.1) is 0 Å². The Labute approximate surface area is 172 Å². The van der Waals surface area contributed by atoms with E-state index in [4.69, 9.17) is 8.83 Å². The van der Waals surface area contributed by atoms with Crippen molar-refractivity contribution in [3.8, 4) is 0 Å².